The first kappa shape index (κ1) is 14.4. The van der Waals surface area contributed by atoms with Crippen LogP contribution >= 0.6 is 11.8 Å². The van der Waals surface area contributed by atoms with Crippen molar-refractivity contribution in [3.8, 4) is 0 Å². The SMILES string of the molecule is CSc1nc(N)cc(N2CCCN(CCO)CC2)n1. The lowest BCUT2D eigenvalue weighted by molar-refractivity contribution is 0.204. The van der Waals surface area contributed by atoms with Crippen molar-refractivity contribution >= 4 is 23.4 Å². The minimum atomic E-state index is 0.219. The van der Waals surface area contributed by atoms with Crippen molar-refractivity contribution in [3.05, 3.63) is 6.07 Å². The Labute approximate surface area is 118 Å². The first-order valence-electron chi connectivity index (χ1n) is 6.49. The molecule has 106 valence electrons. The van der Waals surface area contributed by atoms with Crippen LogP contribution in [0, 0.1) is 0 Å². The van der Waals surface area contributed by atoms with Gasteiger partial charge in [-0.15, -0.1) is 0 Å². The number of aromatic nitrogens is 2. The van der Waals surface area contributed by atoms with Crippen molar-refractivity contribution < 1.29 is 5.11 Å². The van der Waals surface area contributed by atoms with E-state index in [1.54, 1.807) is 0 Å². The van der Waals surface area contributed by atoms with Crippen molar-refractivity contribution in [1.29, 1.82) is 0 Å². The monoisotopic (exact) mass is 283 g/mol. The Morgan fingerprint density at radius 2 is 2.16 bits per heavy atom. The van der Waals surface area contributed by atoms with E-state index in [-0.39, 0.29) is 6.61 Å². The van der Waals surface area contributed by atoms with Gasteiger partial charge in [-0.25, -0.2) is 9.97 Å². The van der Waals surface area contributed by atoms with Crippen LogP contribution in [-0.4, -0.2) is 65.6 Å². The maximum absolute atomic E-state index is 9.00. The fourth-order valence-electron chi connectivity index (χ4n) is 2.25. The van der Waals surface area contributed by atoms with Crippen LogP contribution in [0.4, 0.5) is 11.6 Å². The average Bonchev–Trinajstić information content (AvgIpc) is 2.64. The zero-order valence-corrected chi connectivity index (χ0v) is 12.1. The molecular formula is C12H21N5OS. The Morgan fingerprint density at radius 1 is 1.32 bits per heavy atom. The van der Waals surface area contributed by atoms with Gasteiger partial charge in [0.25, 0.3) is 0 Å². The second-order valence-corrected chi connectivity index (χ2v) is 5.32. The molecule has 1 aliphatic rings. The van der Waals surface area contributed by atoms with Crippen LogP contribution in [-0.2, 0) is 0 Å². The minimum Gasteiger partial charge on any atom is -0.395 e. The van der Waals surface area contributed by atoms with Crippen molar-refractivity contribution in [2.45, 2.75) is 11.6 Å². The van der Waals surface area contributed by atoms with Gasteiger partial charge < -0.3 is 15.7 Å². The average molecular weight is 283 g/mol. The lowest BCUT2D eigenvalue weighted by atomic mass is 10.3. The smallest absolute Gasteiger partial charge is 0.191 e. The minimum absolute atomic E-state index is 0.219. The number of rotatable bonds is 4. The van der Waals surface area contributed by atoms with Crippen LogP contribution in [0.3, 0.4) is 0 Å². The first-order valence-corrected chi connectivity index (χ1v) is 7.72. The molecule has 0 spiro atoms. The number of nitrogens with zero attached hydrogens (tertiary/aromatic N) is 4. The third-order valence-corrected chi connectivity index (χ3v) is 3.77. The van der Waals surface area contributed by atoms with Gasteiger partial charge in [-0.2, -0.15) is 0 Å². The Bertz CT molecular complexity index is 417. The molecule has 2 rings (SSSR count). The van der Waals surface area contributed by atoms with Gasteiger partial charge in [-0.05, 0) is 19.2 Å². The summed E-state index contributed by atoms with van der Waals surface area (Å²) in [7, 11) is 0. The summed E-state index contributed by atoms with van der Waals surface area (Å²) in [6, 6.07) is 1.83. The number of thioether (sulfide) groups is 1. The number of β-amino-alcohol motifs (C(OH)–C–C–N with tert-alkyl or cyclic N) is 1. The first-order chi connectivity index (χ1) is 9.22. The van der Waals surface area contributed by atoms with Crippen LogP contribution in [0.2, 0.25) is 0 Å². The van der Waals surface area contributed by atoms with E-state index < -0.39 is 0 Å². The molecule has 0 aliphatic carbocycles. The van der Waals surface area contributed by atoms with E-state index in [0.717, 1.165) is 45.0 Å². The number of nitrogens with two attached hydrogens (primary N) is 1. The van der Waals surface area contributed by atoms with Crippen molar-refractivity contribution in [1.82, 2.24) is 14.9 Å². The molecule has 6 nitrogen and oxygen atoms in total. The van der Waals surface area contributed by atoms with E-state index >= 15 is 0 Å². The summed E-state index contributed by atoms with van der Waals surface area (Å²) in [5.41, 5.74) is 5.82. The van der Waals surface area contributed by atoms with Crippen LogP contribution < -0.4 is 10.6 Å². The number of aliphatic hydroxyl groups excluding tert-OH is 1. The van der Waals surface area contributed by atoms with E-state index in [0.29, 0.717) is 11.0 Å². The predicted molar refractivity (Wildman–Crippen MR) is 78.6 cm³/mol. The highest BCUT2D eigenvalue weighted by atomic mass is 32.2. The molecule has 1 aliphatic heterocycles. The molecule has 3 N–H and O–H groups in total. The summed E-state index contributed by atoms with van der Waals surface area (Å²) in [6.45, 7) is 4.80. The van der Waals surface area contributed by atoms with Gasteiger partial charge in [0.15, 0.2) is 5.16 Å². The molecule has 7 heteroatoms. The number of hydrogen-bond donors (Lipinski definition) is 2. The normalized spacial score (nSPS) is 17.5. The van der Waals surface area contributed by atoms with E-state index in [1.165, 1.54) is 11.8 Å². The van der Waals surface area contributed by atoms with Crippen LogP contribution in [0.25, 0.3) is 0 Å². The summed E-state index contributed by atoms with van der Waals surface area (Å²) >= 11 is 1.50. The number of anilines is 2. The molecule has 2 heterocycles. The summed E-state index contributed by atoms with van der Waals surface area (Å²) < 4.78 is 0. The Kier molecular flexibility index (Phi) is 5.24. The third kappa shape index (κ3) is 3.95. The van der Waals surface area contributed by atoms with E-state index in [1.807, 2.05) is 12.3 Å². The molecule has 0 radical (unpaired) electrons. The van der Waals surface area contributed by atoms with E-state index in [4.69, 9.17) is 10.8 Å². The zero-order chi connectivity index (χ0) is 13.7. The molecule has 0 unspecified atom stereocenters. The van der Waals surface area contributed by atoms with Crippen molar-refractivity contribution in [3.63, 3.8) is 0 Å². The summed E-state index contributed by atoms with van der Waals surface area (Å²) in [6.07, 6.45) is 3.02. The van der Waals surface area contributed by atoms with Crippen LogP contribution in [0.15, 0.2) is 11.2 Å². The van der Waals surface area contributed by atoms with E-state index in [9.17, 15) is 0 Å². The fourth-order valence-corrected chi connectivity index (χ4v) is 2.63. The predicted octanol–water partition coefficient (Wildman–Crippen LogP) is 0.285. The van der Waals surface area contributed by atoms with Gasteiger partial charge in [0.1, 0.15) is 11.6 Å². The maximum Gasteiger partial charge on any atom is 0.191 e. The summed E-state index contributed by atoms with van der Waals surface area (Å²) in [5.74, 6) is 1.42. The number of nitrogen functional groups attached to an aromatic ring is 1. The molecule has 0 aromatic carbocycles. The molecular weight excluding hydrogens is 262 g/mol. The zero-order valence-electron chi connectivity index (χ0n) is 11.2. The molecule has 0 bridgehead atoms. The second-order valence-electron chi connectivity index (χ2n) is 4.54. The molecule has 1 fully saturated rings. The van der Waals surface area contributed by atoms with Gasteiger partial charge in [-0.1, -0.05) is 11.8 Å². The van der Waals surface area contributed by atoms with Crippen molar-refractivity contribution in [2.75, 3.05) is 56.2 Å². The Balaban J connectivity index is 2.07. The van der Waals surface area contributed by atoms with E-state index in [2.05, 4.69) is 19.8 Å². The van der Waals surface area contributed by atoms with Crippen LogP contribution in [0.1, 0.15) is 6.42 Å². The highest BCUT2D eigenvalue weighted by Gasteiger charge is 2.16. The Morgan fingerprint density at radius 3 is 2.89 bits per heavy atom. The van der Waals surface area contributed by atoms with Gasteiger partial charge >= 0.3 is 0 Å². The van der Waals surface area contributed by atoms with Crippen LogP contribution in [0.5, 0.6) is 0 Å². The lowest BCUT2D eigenvalue weighted by Crippen LogP contribution is -2.32. The second kappa shape index (κ2) is 6.93. The molecule has 1 saturated heterocycles. The highest BCUT2D eigenvalue weighted by Crippen LogP contribution is 2.20. The number of aliphatic hydroxyl groups is 1. The summed E-state index contributed by atoms with van der Waals surface area (Å²) in [4.78, 5) is 13.2. The molecule has 1 aromatic heterocycles. The lowest BCUT2D eigenvalue weighted by Gasteiger charge is -2.22. The molecule has 0 amide bonds. The maximum atomic E-state index is 9.00. The summed E-state index contributed by atoms with van der Waals surface area (Å²) in [5, 5.41) is 9.72. The highest BCUT2D eigenvalue weighted by molar-refractivity contribution is 7.98. The standard InChI is InChI=1S/C12H21N5OS/c1-19-12-14-10(13)9-11(15-12)17-4-2-3-16(5-6-17)7-8-18/h9,18H,2-8H2,1H3,(H2,13,14,15). The van der Waals surface area contributed by atoms with Crippen molar-refractivity contribution in [2.24, 2.45) is 0 Å². The topological polar surface area (TPSA) is 78.5 Å². The third-order valence-electron chi connectivity index (χ3n) is 3.22. The van der Waals surface area contributed by atoms with Gasteiger partial charge in [-0.3, -0.25) is 4.90 Å². The number of hydrogen-bond acceptors (Lipinski definition) is 7. The molecule has 0 saturated carbocycles. The quantitative estimate of drug-likeness (QED) is 0.607. The van der Waals surface area contributed by atoms with Gasteiger partial charge in [0.05, 0.1) is 6.61 Å². The van der Waals surface area contributed by atoms with Gasteiger partial charge in [0, 0.05) is 32.2 Å². The largest absolute Gasteiger partial charge is 0.395 e. The fraction of sp³-hybridized carbons (Fsp3) is 0.667. The molecule has 19 heavy (non-hydrogen) atoms. The Hall–Kier alpha value is -1.05. The van der Waals surface area contributed by atoms with Gasteiger partial charge in [0.2, 0.25) is 0 Å². The molecule has 1 aromatic rings. The molecule has 0 atom stereocenters.